The van der Waals surface area contributed by atoms with Gasteiger partial charge < -0.3 is 14.6 Å². The molecule has 114 valence electrons. The van der Waals surface area contributed by atoms with Crippen LogP contribution in [0.4, 0.5) is 0 Å². The summed E-state index contributed by atoms with van der Waals surface area (Å²) in [6, 6.07) is 0. The Hall–Kier alpha value is -1.20. The quantitative estimate of drug-likeness (QED) is 0.472. The van der Waals surface area contributed by atoms with E-state index in [0.29, 0.717) is 31.3 Å². The van der Waals surface area contributed by atoms with Gasteiger partial charge in [0.25, 0.3) is 0 Å². The van der Waals surface area contributed by atoms with E-state index < -0.39 is 18.2 Å². The highest BCUT2D eigenvalue weighted by atomic mass is 16.6. The van der Waals surface area contributed by atoms with Gasteiger partial charge in [-0.3, -0.25) is 4.79 Å². The molecule has 1 aliphatic carbocycles. The van der Waals surface area contributed by atoms with Gasteiger partial charge in [-0.15, -0.1) is 0 Å². The van der Waals surface area contributed by atoms with E-state index in [9.17, 15) is 9.59 Å². The maximum absolute atomic E-state index is 11.8. The van der Waals surface area contributed by atoms with Gasteiger partial charge in [0.15, 0.2) is 5.78 Å². The summed E-state index contributed by atoms with van der Waals surface area (Å²) in [6.07, 6.45) is 2.24. The van der Waals surface area contributed by atoms with Crippen molar-refractivity contribution in [2.45, 2.75) is 51.2 Å². The first-order chi connectivity index (χ1) is 9.31. The lowest BCUT2D eigenvalue weighted by Crippen LogP contribution is -2.35. The topological polar surface area (TPSA) is 72.8 Å². The van der Waals surface area contributed by atoms with Crippen LogP contribution in [0.2, 0.25) is 0 Å². The van der Waals surface area contributed by atoms with Crippen molar-refractivity contribution in [1.29, 1.82) is 0 Å². The molecule has 20 heavy (non-hydrogen) atoms. The summed E-state index contributed by atoms with van der Waals surface area (Å²) >= 11 is 0. The number of ketones is 1. The van der Waals surface area contributed by atoms with Crippen LogP contribution in [-0.2, 0) is 19.1 Å². The van der Waals surface area contributed by atoms with Crippen LogP contribution >= 0.6 is 0 Å². The van der Waals surface area contributed by atoms with Crippen molar-refractivity contribution in [2.24, 2.45) is 5.92 Å². The van der Waals surface area contributed by atoms with Crippen LogP contribution in [0.25, 0.3) is 0 Å². The Kier molecular flexibility index (Phi) is 5.89. The van der Waals surface area contributed by atoms with E-state index in [2.05, 4.69) is 6.58 Å². The van der Waals surface area contributed by atoms with E-state index in [-0.39, 0.29) is 17.8 Å². The van der Waals surface area contributed by atoms with Crippen molar-refractivity contribution in [1.82, 2.24) is 0 Å². The summed E-state index contributed by atoms with van der Waals surface area (Å²) in [5.74, 6) is -1.03. The molecule has 1 aliphatic rings. The SMILES string of the molecule is C=C(C)C(=O)OC1(C)CCC(OC)CC(C(=O)CO)C1. The van der Waals surface area contributed by atoms with Crippen molar-refractivity contribution in [2.75, 3.05) is 13.7 Å². The lowest BCUT2D eigenvalue weighted by molar-refractivity contribution is -0.156. The summed E-state index contributed by atoms with van der Waals surface area (Å²) in [5, 5.41) is 9.07. The average molecular weight is 284 g/mol. The molecular formula is C15H24O5. The number of ether oxygens (including phenoxy) is 2. The van der Waals surface area contributed by atoms with Crippen molar-refractivity contribution in [3.8, 4) is 0 Å². The molecule has 3 atom stereocenters. The molecule has 0 bridgehead atoms. The minimum absolute atomic E-state index is 0.0548. The Balaban J connectivity index is 2.87. The Morgan fingerprint density at radius 3 is 2.60 bits per heavy atom. The number of carbonyl (C=O) groups is 2. The highest BCUT2D eigenvalue weighted by molar-refractivity contribution is 5.87. The third-order valence-corrected chi connectivity index (χ3v) is 3.85. The molecule has 1 saturated carbocycles. The maximum Gasteiger partial charge on any atom is 0.333 e. The molecule has 0 aromatic rings. The fourth-order valence-corrected chi connectivity index (χ4v) is 2.60. The predicted molar refractivity (Wildman–Crippen MR) is 74.2 cm³/mol. The van der Waals surface area contributed by atoms with Gasteiger partial charge >= 0.3 is 5.97 Å². The van der Waals surface area contributed by atoms with Crippen LogP contribution in [0.3, 0.4) is 0 Å². The molecule has 5 nitrogen and oxygen atoms in total. The van der Waals surface area contributed by atoms with Gasteiger partial charge in [-0.2, -0.15) is 0 Å². The van der Waals surface area contributed by atoms with E-state index in [1.165, 1.54) is 0 Å². The number of hydrogen-bond donors (Lipinski definition) is 1. The molecule has 1 N–H and O–H groups in total. The molecule has 0 spiro atoms. The highest BCUT2D eigenvalue weighted by Gasteiger charge is 2.39. The fraction of sp³-hybridized carbons (Fsp3) is 0.733. The molecule has 0 radical (unpaired) electrons. The van der Waals surface area contributed by atoms with E-state index in [4.69, 9.17) is 14.6 Å². The smallest absolute Gasteiger partial charge is 0.333 e. The molecule has 0 aromatic heterocycles. The lowest BCUT2D eigenvalue weighted by Gasteiger charge is -2.30. The third kappa shape index (κ3) is 4.42. The van der Waals surface area contributed by atoms with Crippen molar-refractivity contribution in [3.63, 3.8) is 0 Å². The van der Waals surface area contributed by atoms with Crippen LogP contribution in [0, 0.1) is 5.92 Å². The number of aliphatic hydroxyl groups is 1. The van der Waals surface area contributed by atoms with Crippen LogP contribution in [0.5, 0.6) is 0 Å². The number of esters is 1. The van der Waals surface area contributed by atoms with Crippen molar-refractivity contribution >= 4 is 11.8 Å². The van der Waals surface area contributed by atoms with E-state index in [1.807, 2.05) is 6.92 Å². The first kappa shape index (κ1) is 16.9. The minimum atomic E-state index is -0.723. The summed E-state index contributed by atoms with van der Waals surface area (Å²) in [6.45, 7) is 6.49. The molecule has 0 aliphatic heterocycles. The van der Waals surface area contributed by atoms with Gasteiger partial charge in [0, 0.05) is 18.6 Å². The van der Waals surface area contributed by atoms with Gasteiger partial charge in [0.1, 0.15) is 12.2 Å². The third-order valence-electron chi connectivity index (χ3n) is 3.85. The summed E-state index contributed by atoms with van der Waals surface area (Å²) < 4.78 is 10.9. The minimum Gasteiger partial charge on any atom is -0.456 e. The second kappa shape index (κ2) is 6.99. The monoisotopic (exact) mass is 284 g/mol. The van der Waals surface area contributed by atoms with Crippen molar-refractivity contribution < 1.29 is 24.2 Å². The zero-order chi connectivity index (χ0) is 15.3. The van der Waals surface area contributed by atoms with Gasteiger partial charge in [-0.05, 0) is 39.5 Å². The molecule has 0 amide bonds. The normalized spacial score (nSPS) is 30.4. The van der Waals surface area contributed by atoms with Crippen LogP contribution in [0.15, 0.2) is 12.2 Å². The van der Waals surface area contributed by atoms with E-state index in [0.717, 1.165) is 0 Å². The van der Waals surface area contributed by atoms with Crippen molar-refractivity contribution in [3.05, 3.63) is 12.2 Å². The van der Waals surface area contributed by atoms with E-state index >= 15 is 0 Å². The second-order valence-corrected chi connectivity index (χ2v) is 5.78. The average Bonchev–Trinajstić information content (AvgIpc) is 2.57. The predicted octanol–water partition coefficient (Wildman–Crippen LogP) is 1.63. The Labute approximate surface area is 119 Å². The Morgan fingerprint density at radius 1 is 1.45 bits per heavy atom. The molecule has 3 unspecified atom stereocenters. The number of carbonyl (C=O) groups excluding carboxylic acids is 2. The number of hydrogen-bond acceptors (Lipinski definition) is 5. The maximum atomic E-state index is 11.8. The molecule has 1 fully saturated rings. The first-order valence-electron chi connectivity index (χ1n) is 6.86. The second-order valence-electron chi connectivity index (χ2n) is 5.78. The lowest BCUT2D eigenvalue weighted by atomic mass is 9.87. The first-order valence-corrected chi connectivity index (χ1v) is 6.86. The summed E-state index contributed by atoms with van der Waals surface area (Å²) in [5.41, 5.74) is -0.387. The van der Waals surface area contributed by atoms with Gasteiger partial charge in [0.2, 0.25) is 0 Å². The Bertz CT molecular complexity index is 390. The van der Waals surface area contributed by atoms with Crippen LogP contribution in [0.1, 0.15) is 39.5 Å². The van der Waals surface area contributed by atoms with E-state index in [1.54, 1.807) is 14.0 Å². The summed E-state index contributed by atoms with van der Waals surface area (Å²) in [4.78, 5) is 23.6. The molecule has 1 rings (SSSR count). The number of rotatable bonds is 5. The van der Waals surface area contributed by atoms with Gasteiger partial charge in [-0.25, -0.2) is 4.79 Å². The largest absolute Gasteiger partial charge is 0.456 e. The molecule has 0 aromatic carbocycles. The highest BCUT2D eigenvalue weighted by Crippen LogP contribution is 2.35. The number of Topliss-reactive ketones (excluding diaryl/α,β-unsaturated/α-hetero) is 1. The van der Waals surface area contributed by atoms with Gasteiger partial charge in [0.05, 0.1) is 6.10 Å². The zero-order valence-electron chi connectivity index (χ0n) is 12.5. The van der Waals surface area contributed by atoms with Gasteiger partial charge in [-0.1, -0.05) is 6.58 Å². The molecule has 0 saturated heterocycles. The fourth-order valence-electron chi connectivity index (χ4n) is 2.60. The number of aliphatic hydroxyl groups excluding tert-OH is 1. The molecule has 0 heterocycles. The van der Waals surface area contributed by atoms with Crippen LogP contribution < -0.4 is 0 Å². The summed E-state index contributed by atoms with van der Waals surface area (Å²) in [7, 11) is 1.60. The Morgan fingerprint density at radius 2 is 2.10 bits per heavy atom. The molecular weight excluding hydrogens is 260 g/mol. The number of methoxy groups -OCH3 is 1. The molecule has 5 heteroatoms. The standard InChI is InChI=1S/C15H24O5/c1-10(2)14(18)20-15(3)6-5-12(19-4)7-11(8-15)13(17)9-16/h11-12,16H,1,5-9H2,2-4H3. The van der Waals surface area contributed by atoms with Crippen LogP contribution in [-0.4, -0.2) is 42.3 Å². The zero-order valence-corrected chi connectivity index (χ0v) is 12.5.